The van der Waals surface area contributed by atoms with Gasteiger partial charge < -0.3 is 11.1 Å². The minimum absolute atomic E-state index is 0.0563. The average Bonchev–Trinajstić information content (AvgIpc) is 3.04. The van der Waals surface area contributed by atoms with Gasteiger partial charge in [0, 0.05) is 10.7 Å². The van der Waals surface area contributed by atoms with Crippen LogP contribution in [0.5, 0.6) is 0 Å². The molecule has 0 fully saturated rings. The molecule has 1 heterocycles. The van der Waals surface area contributed by atoms with Crippen LogP contribution in [0.1, 0.15) is 32.3 Å². The highest BCUT2D eigenvalue weighted by molar-refractivity contribution is 8.00. The Morgan fingerprint density at radius 1 is 1.16 bits per heavy atom. The number of carbonyl (C=O) groups is 1. The second kappa shape index (κ2) is 9.97. The van der Waals surface area contributed by atoms with Gasteiger partial charge in [0.1, 0.15) is 22.3 Å². The van der Waals surface area contributed by atoms with Crippen molar-refractivity contribution in [1.82, 2.24) is 9.78 Å². The molecule has 0 saturated heterocycles. The number of carbonyl (C=O) groups excluding carboxylic acids is 1. The number of aromatic nitrogens is 2. The molecule has 2 aromatic carbocycles. The molecule has 1 amide bonds. The topological polar surface area (TPSA) is 107 Å². The van der Waals surface area contributed by atoms with Crippen molar-refractivity contribution in [3.05, 3.63) is 59.1 Å². The van der Waals surface area contributed by atoms with Crippen molar-refractivity contribution < 1.29 is 13.2 Å². The van der Waals surface area contributed by atoms with Gasteiger partial charge in [0.2, 0.25) is 15.7 Å². The van der Waals surface area contributed by atoms with Gasteiger partial charge in [-0.25, -0.2) is 13.1 Å². The lowest BCUT2D eigenvalue weighted by atomic mass is 10.0. The Morgan fingerprint density at radius 3 is 2.34 bits per heavy atom. The van der Waals surface area contributed by atoms with Crippen LogP contribution in [0.15, 0.2) is 63.3 Å². The number of halogens is 1. The summed E-state index contributed by atoms with van der Waals surface area (Å²) in [6, 6.07) is 13.4. The fourth-order valence-electron chi connectivity index (χ4n) is 3.06. The molecule has 3 aromatic rings. The zero-order valence-corrected chi connectivity index (χ0v) is 20.4. The van der Waals surface area contributed by atoms with Crippen LogP contribution < -0.4 is 11.1 Å². The van der Waals surface area contributed by atoms with Crippen molar-refractivity contribution in [2.75, 3.05) is 16.8 Å². The zero-order valence-electron chi connectivity index (χ0n) is 18.0. The van der Waals surface area contributed by atoms with Crippen LogP contribution >= 0.6 is 23.4 Å². The Hall–Kier alpha value is -2.49. The summed E-state index contributed by atoms with van der Waals surface area (Å²) < 4.78 is 27.7. The van der Waals surface area contributed by atoms with E-state index in [1.54, 1.807) is 0 Å². The summed E-state index contributed by atoms with van der Waals surface area (Å²) in [7, 11) is -3.95. The van der Waals surface area contributed by atoms with E-state index in [0.717, 1.165) is 5.56 Å². The largest absolute Gasteiger partial charge is 0.383 e. The van der Waals surface area contributed by atoms with Gasteiger partial charge >= 0.3 is 0 Å². The lowest BCUT2D eigenvalue weighted by molar-refractivity contribution is -0.116. The quantitative estimate of drug-likeness (QED) is 0.436. The third kappa shape index (κ3) is 5.28. The predicted molar refractivity (Wildman–Crippen MR) is 129 cm³/mol. The number of benzene rings is 2. The molecular formula is C22H25ClN4O3S2. The second-order valence-corrected chi connectivity index (χ2v) is 11.0. The number of amides is 1. The zero-order chi connectivity index (χ0) is 23.5. The Kier molecular flexibility index (Phi) is 7.53. The van der Waals surface area contributed by atoms with Crippen molar-refractivity contribution in [1.29, 1.82) is 0 Å². The summed E-state index contributed by atoms with van der Waals surface area (Å²) in [4.78, 5) is 12.5. The van der Waals surface area contributed by atoms with E-state index in [0.29, 0.717) is 22.4 Å². The van der Waals surface area contributed by atoms with Crippen LogP contribution in [-0.4, -0.2) is 29.9 Å². The molecule has 32 heavy (non-hydrogen) atoms. The summed E-state index contributed by atoms with van der Waals surface area (Å²) in [6.07, 6.45) is 0. The van der Waals surface area contributed by atoms with Gasteiger partial charge in [-0.15, -0.1) is 11.8 Å². The number of anilines is 2. The highest BCUT2D eigenvalue weighted by Gasteiger charge is 2.30. The normalized spacial score (nSPS) is 11.7. The number of hydrogen-bond acceptors (Lipinski definition) is 6. The van der Waals surface area contributed by atoms with E-state index in [2.05, 4.69) is 24.3 Å². The second-order valence-electron chi connectivity index (χ2n) is 7.39. The molecular weight excluding hydrogens is 468 g/mol. The van der Waals surface area contributed by atoms with Crippen LogP contribution in [0, 0.1) is 0 Å². The van der Waals surface area contributed by atoms with Crippen LogP contribution in [0.4, 0.5) is 11.5 Å². The summed E-state index contributed by atoms with van der Waals surface area (Å²) in [5.74, 6) is 0.536. The summed E-state index contributed by atoms with van der Waals surface area (Å²) >= 11 is 7.14. The fraction of sp³-hybridized carbons (Fsp3) is 0.273. The number of hydrogen-bond donors (Lipinski definition) is 2. The van der Waals surface area contributed by atoms with Crippen LogP contribution in [0.25, 0.3) is 0 Å². The monoisotopic (exact) mass is 492 g/mol. The first kappa shape index (κ1) is 24.2. The number of rotatable bonds is 8. The molecule has 0 saturated carbocycles. The number of nitrogens with two attached hydrogens (primary N) is 1. The molecule has 0 spiro atoms. The molecule has 0 aliphatic carbocycles. The summed E-state index contributed by atoms with van der Waals surface area (Å²) in [5.41, 5.74) is 7.99. The maximum atomic E-state index is 13.2. The van der Waals surface area contributed by atoms with Crippen molar-refractivity contribution >= 4 is 50.6 Å². The van der Waals surface area contributed by atoms with Gasteiger partial charge in [0.25, 0.3) is 0 Å². The highest BCUT2D eigenvalue weighted by Crippen LogP contribution is 2.35. The SMILES string of the molecule is CCSc1nn(CC(=O)Nc2ccc(C(C)C)cc2)c(N)c1S(=O)(=O)c1ccc(Cl)cc1. The van der Waals surface area contributed by atoms with Gasteiger partial charge in [-0.05, 0) is 53.6 Å². The molecule has 0 aliphatic rings. The summed E-state index contributed by atoms with van der Waals surface area (Å²) in [6.45, 7) is 5.85. The van der Waals surface area contributed by atoms with E-state index < -0.39 is 9.84 Å². The molecule has 0 radical (unpaired) electrons. The standard InChI is InChI=1S/C22H25ClN4O3S2/c1-4-31-22-20(32(29,30)18-11-7-16(23)8-12-18)21(24)27(26-22)13-19(28)25-17-9-5-15(6-10-17)14(2)3/h5-12,14H,4,13,24H2,1-3H3,(H,25,28). The highest BCUT2D eigenvalue weighted by atomic mass is 35.5. The van der Waals surface area contributed by atoms with Crippen molar-refractivity contribution in [2.24, 2.45) is 0 Å². The molecule has 7 nitrogen and oxygen atoms in total. The molecule has 0 unspecified atom stereocenters. The Bertz CT molecular complexity index is 1210. The van der Waals surface area contributed by atoms with Gasteiger partial charge in [-0.3, -0.25) is 4.79 Å². The van der Waals surface area contributed by atoms with E-state index >= 15 is 0 Å². The number of nitrogens with zero attached hydrogens (tertiary/aromatic N) is 2. The Balaban J connectivity index is 1.88. The number of thioether (sulfide) groups is 1. The minimum Gasteiger partial charge on any atom is -0.383 e. The third-order valence-corrected chi connectivity index (χ3v) is 7.81. The lowest BCUT2D eigenvalue weighted by Crippen LogP contribution is -2.21. The molecule has 3 rings (SSSR count). The van der Waals surface area contributed by atoms with E-state index in [1.165, 1.54) is 40.7 Å². The smallest absolute Gasteiger partial charge is 0.246 e. The third-order valence-electron chi connectivity index (χ3n) is 4.74. The fourth-order valence-corrected chi connectivity index (χ4v) is 5.74. The molecule has 170 valence electrons. The molecule has 3 N–H and O–H groups in total. The van der Waals surface area contributed by atoms with Crippen molar-refractivity contribution in [3.8, 4) is 0 Å². The first-order chi connectivity index (χ1) is 15.1. The van der Waals surface area contributed by atoms with E-state index in [-0.39, 0.29) is 33.1 Å². The maximum Gasteiger partial charge on any atom is 0.246 e. The van der Waals surface area contributed by atoms with Gasteiger partial charge in [-0.2, -0.15) is 5.10 Å². The first-order valence-corrected chi connectivity index (χ1v) is 12.9. The van der Waals surface area contributed by atoms with Crippen LogP contribution in [0.2, 0.25) is 5.02 Å². The van der Waals surface area contributed by atoms with Gasteiger partial charge in [0.15, 0.2) is 0 Å². The molecule has 10 heteroatoms. The van der Waals surface area contributed by atoms with Crippen LogP contribution in [-0.2, 0) is 21.2 Å². The van der Waals surface area contributed by atoms with Crippen molar-refractivity contribution in [2.45, 2.75) is 48.1 Å². The molecule has 1 aromatic heterocycles. The summed E-state index contributed by atoms with van der Waals surface area (Å²) in [5, 5.41) is 7.79. The van der Waals surface area contributed by atoms with E-state index in [9.17, 15) is 13.2 Å². The molecule has 0 aliphatic heterocycles. The van der Waals surface area contributed by atoms with Crippen molar-refractivity contribution in [3.63, 3.8) is 0 Å². The minimum atomic E-state index is -3.95. The number of sulfone groups is 1. The maximum absolute atomic E-state index is 13.2. The molecule has 0 atom stereocenters. The predicted octanol–water partition coefficient (Wildman–Crippen LogP) is 4.83. The molecule has 0 bridgehead atoms. The van der Waals surface area contributed by atoms with E-state index in [4.69, 9.17) is 17.3 Å². The Morgan fingerprint density at radius 2 is 1.78 bits per heavy atom. The number of nitrogens with one attached hydrogen (secondary N) is 1. The average molecular weight is 493 g/mol. The van der Waals surface area contributed by atoms with E-state index in [1.807, 2.05) is 31.2 Å². The van der Waals surface area contributed by atoms with Gasteiger partial charge in [0.05, 0.1) is 4.90 Å². The Labute approximate surface area is 197 Å². The number of nitrogen functional groups attached to an aromatic ring is 1. The lowest BCUT2D eigenvalue weighted by Gasteiger charge is -2.09. The van der Waals surface area contributed by atoms with Gasteiger partial charge in [-0.1, -0.05) is 44.5 Å². The first-order valence-electron chi connectivity index (χ1n) is 10.0. The van der Waals surface area contributed by atoms with Crippen LogP contribution in [0.3, 0.4) is 0 Å².